The number of unbranched alkanes of at least 4 members (excludes halogenated alkanes) is 2. The first kappa shape index (κ1) is 14.8. The summed E-state index contributed by atoms with van der Waals surface area (Å²) in [6.07, 6.45) is 6.04. The number of amides is 2. The van der Waals surface area contributed by atoms with Crippen molar-refractivity contribution in [2.75, 3.05) is 19.6 Å². The van der Waals surface area contributed by atoms with Gasteiger partial charge in [0.2, 0.25) is 0 Å². The van der Waals surface area contributed by atoms with Crippen LogP contribution in [0.15, 0.2) is 0 Å². The number of rotatable bonds is 7. The molecule has 6 heteroatoms. The van der Waals surface area contributed by atoms with Crippen molar-refractivity contribution in [1.82, 2.24) is 15.8 Å². The van der Waals surface area contributed by atoms with Gasteiger partial charge in [-0.1, -0.05) is 12.8 Å². The third-order valence-corrected chi connectivity index (χ3v) is 2.97. The topological polar surface area (TPSA) is 81.7 Å². The number of carbonyl (C=O) groups excluding carboxylic acids is 1. The van der Waals surface area contributed by atoms with E-state index in [0.717, 1.165) is 38.8 Å². The van der Waals surface area contributed by atoms with E-state index in [-0.39, 0.29) is 12.5 Å². The van der Waals surface area contributed by atoms with Crippen LogP contribution in [0, 0.1) is 0 Å². The van der Waals surface area contributed by atoms with Crippen molar-refractivity contribution in [3.05, 3.63) is 0 Å². The molecule has 0 saturated carbocycles. The molecule has 0 aromatic rings. The van der Waals surface area contributed by atoms with Crippen LogP contribution in [-0.2, 0) is 4.79 Å². The number of piperidine rings is 1. The van der Waals surface area contributed by atoms with Crippen LogP contribution in [-0.4, -0.2) is 41.8 Å². The van der Waals surface area contributed by atoms with Gasteiger partial charge in [-0.25, -0.2) is 9.80 Å². The summed E-state index contributed by atoms with van der Waals surface area (Å²) in [6.45, 7) is 2.44. The number of nitrogens with one attached hydrogen (secondary N) is 2. The van der Waals surface area contributed by atoms with Crippen LogP contribution in [0.3, 0.4) is 0 Å². The van der Waals surface area contributed by atoms with E-state index in [1.165, 1.54) is 6.42 Å². The van der Waals surface area contributed by atoms with Gasteiger partial charge in [-0.2, -0.15) is 0 Å². The fourth-order valence-corrected chi connectivity index (χ4v) is 1.97. The fourth-order valence-electron chi connectivity index (χ4n) is 1.97. The Morgan fingerprint density at radius 2 is 1.78 bits per heavy atom. The van der Waals surface area contributed by atoms with Crippen molar-refractivity contribution in [1.29, 1.82) is 0 Å². The quantitative estimate of drug-likeness (QED) is 0.601. The molecule has 1 aliphatic rings. The molecule has 0 atom stereocenters. The second-order valence-electron chi connectivity index (χ2n) is 4.62. The summed E-state index contributed by atoms with van der Waals surface area (Å²) in [7, 11) is 0. The first-order chi connectivity index (χ1) is 8.68. The Bertz CT molecular complexity index is 265. The van der Waals surface area contributed by atoms with E-state index in [4.69, 9.17) is 5.11 Å². The average molecular weight is 257 g/mol. The third-order valence-electron chi connectivity index (χ3n) is 2.97. The van der Waals surface area contributed by atoms with Gasteiger partial charge in [-0.3, -0.25) is 10.2 Å². The van der Waals surface area contributed by atoms with Gasteiger partial charge in [-0.15, -0.1) is 0 Å². The van der Waals surface area contributed by atoms with Gasteiger partial charge < -0.3 is 10.4 Å². The number of hydrazine groups is 1. The lowest BCUT2D eigenvalue weighted by Crippen LogP contribution is -2.49. The summed E-state index contributed by atoms with van der Waals surface area (Å²) < 4.78 is 0. The van der Waals surface area contributed by atoms with Gasteiger partial charge in [0.1, 0.15) is 0 Å². The minimum absolute atomic E-state index is 0.157. The minimum atomic E-state index is -0.759. The molecule has 0 aromatic heterocycles. The summed E-state index contributed by atoms with van der Waals surface area (Å²) in [6, 6.07) is -0.157. The standard InChI is InChI=1S/C12H23N3O3/c16-11(17)7-3-1-4-8-13-12(18)14-15-9-5-2-6-10-15/h1-10H2,(H,16,17)(H2,13,14,18). The maximum atomic E-state index is 11.5. The number of carboxylic acid groups (broad SMARTS) is 1. The van der Waals surface area contributed by atoms with Gasteiger partial charge in [0, 0.05) is 26.1 Å². The zero-order valence-electron chi connectivity index (χ0n) is 10.8. The van der Waals surface area contributed by atoms with Gasteiger partial charge in [-0.05, 0) is 25.7 Å². The molecule has 0 spiro atoms. The maximum Gasteiger partial charge on any atom is 0.329 e. The molecule has 2 amide bonds. The molecule has 0 aliphatic carbocycles. The highest BCUT2D eigenvalue weighted by Gasteiger charge is 2.11. The smallest absolute Gasteiger partial charge is 0.329 e. The number of nitrogens with zero attached hydrogens (tertiary/aromatic N) is 1. The monoisotopic (exact) mass is 257 g/mol. The molecule has 1 aliphatic heterocycles. The predicted molar refractivity (Wildman–Crippen MR) is 68.1 cm³/mol. The molecule has 1 rings (SSSR count). The number of urea groups is 1. The molecule has 0 bridgehead atoms. The molecule has 104 valence electrons. The molecule has 3 N–H and O–H groups in total. The van der Waals surface area contributed by atoms with E-state index in [1.54, 1.807) is 0 Å². The van der Waals surface area contributed by atoms with Gasteiger partial charge >= 0.3 is 12.0 Å². The van der Waals surface area contributed by atoms with Crippen LogP contribution in [0.2, 0.25) is 0 Å². The first-order valence-electron chi connectivity index (χ1n) is 6.70. The SMILES string of the molecule is O=C(O)CCCCCNC(=O)NN1CCCCC1. The van der Waals surface area contributed by atoms with Gasteiger partial charge in [0.25, 0.3) is 0 Å². The van der Waals surface area contributed by atoms with Crippen molar-refractivity contribution < 1.29 is 14.7 Å². The van der Waals surface area contributed by atoms with Crippen LogP contribution in [0.4, 0.5) is 4.79 Å². The Balaban J connectivity index is 1.94. The van der Waals surface area contributed by atoms with Crippen LogP contribution in [0.25, 0.3) is 0 Å². The second kappa shape index (κ2) is 8.74. The van der Waals surface area contributed by atoms with E-state index in [2.05, 4.69) is 10.7 Å². The molecule has 18 heavy (non-hydrogen) atoms. The number of hydrogen-bond donors (Lipinski definition) is 3. The fraction of sp³-hybridized carbons (Fsp3) is 0.833. The molecule has 1 saturated heterocycles. The molecule has 0 unspecified atom stereocenters. The summed E-state index contributed by atoms with van der Waals surface area (Å²) >= 11 is 0. The summed E-state index contributed by atoms with van der Waals surface area (Å²) in [4.78, 5) is 21.8. The normalized spacial score (nSPS) is 16.2. The summed E-state index contributed by atoms with van der Waals surface area (Å²) in [5.41, 5.74) is 2.82. The zero-order chi connectivity index (χ0) is 13.2. The maximum absolute atomic E-state index is 11.5. The second-order valence-corrected chi connectivity index (χ2v) is 4.62. The largest absolute Gasteiger partial charge is 0.481 e. The highest BCUT2D eigenvalue weighted by atomic mass is 16.4. The molecule has 0 aromatic carbocycles. The molecule has 0 radical (unpaired) electrons. The molecule has 1 heterocycles. The number of aliphatic carboxylic acids is 1. The van der Waals surface area contributed by atoms with Crippen molar-refractivity contribution in [2.45, 2.75) is 44.9 Å². The van der Waals surface area contributed by atoms with Crippen molar-refractivity contribution >= 4 is 12.0 Å². The lowest BCUT2D eigenvalue weighted by atomic mass is 10.2. The lowest BCUT2D eigenvalue weighted by Gasteiger charge is -2.26. The van der Waals surface area contributed by atoms with E-state index in [1.807, 2.05) is 5.01 Å². The number of carboxylic acids is 1. The third kappa shape index (κ3) is 7.11. The Hall–Kier alpha value is -1.30. The van der Waals surface area contributed by atoms with Crippen LogP contribution in [0.1, 0.15) is 44.9 Å². The van der Waals surface area contributed by atoms with Crippen LogP contribution >= 0.6 is 0 Å². The minimum Gasteiger partial charge on any atom is -0.481 e. The summed E-state index contributed by atoms with van der Waals surface area (Å²) in [5, 5.41) is 13.2. The first-order valence-corrected chi connectivity index (χ1v) is 6.70. The Labute approximate surface area is 108 Å². The molecule has 1 fully saturated rings. The molecule has 6 nitrogen and oxygen atoms in total. The molecular weight excluding hydrogens is 234 g/mol. The highest BCUT2D eigenvalue weighted by molar-refractivity contribution is 5.73. The van der Waals surface area contributed by atoms with Crippen molar-refractivity contribution in [3.63, 3.8) is 0 Å². The average Bonchev–Trinajstić information content (AvgIpc) is 2.34. The zero-order valence-corrected chi connectivity index (χ0v) is 10.8. The predicted octanol–water partition coefficient (Wildman–Crippen LogP) is 1.33. The molecular formula is C12H23N3O3. The van der Waals surface area contributed by atoms with Gasteiger partial charge in [0.05, 0.1) is 0 Å². The highest BCUT2D eigenvalue weighted by Crippen LogP contribution is 2.05. The Morgan fingerprint density at radius 3 is 2.44 bits per heavy atom. The van der Waals surface area contributed by atoms with E-state index >= 15 is 0 Å². The van der Waals surface area contributed by atoms with E-state index in [9.17, 15) is 9.59 Å². The van der Waals surface area contributed by atoms with Gasteiger partial charge in [0.15, 0.2) is 0 Å². The Kier molecular flexibility index (Phi) is 7.17. The van der Waals surface area contributed by atoms with Crippen molar-refractivity contribution in [2.24, 2.45) is 0 Å². The number of hydrogen-bond acceptors (Lipinski definition) is 3. The van der Waals surface area contributed by atoms with E-state index in [0.29, 0.717) is 13.0 Å². The lowest BCUT2D eigenvalue weighted by molar-refractivity contribution is -0.137. The van der Waals surface area contributed by atoms with Crippen LogP contribution in [0.5, 0.6) is 0 Å². The van der Waals surface area contributed by atoms with Crippen LogP contribution < -0.4 is 10.7 Å². The summed E-state index contributed by atoms with van der Waals surface area (Å²) in [5.74, 6) is -0.759. The van der Waals surface area contributed by atoms with E-state index < -0.39 is 5.97 Å². The number of carbonyl (C=O) groups is 2. The Morgan fingerprint density at radius 1 is 1.06 bits per heavy atom. The van der Waals surface area contributed by atoms with Crippen molar-refractivity contribution in [3.8, 4) is 0 Å².